The highest BCUT2D eigenvalue weighted by Crippen LogP contribution is 2.31. The maximum atomic E-state index is 12.3. The second-order valence-electron chi connectivity index (χ2n) is 6.94. The van der Waals surface area contributed by atoms with Gasteiger partial charge in [-0.3, -0.25) is 0 Å². The Balaban J connectivity index is 2.14. The molecule has 8 heteroatoms. The number of hydrogen-bond donors (Lipinski definition) is 1. The Morgan fingerprint density at radius 3 is 2.31 bits per heavy atom. The van der Waals surface area contributed by atoms with Gasteiger partial charge < -0.3 is 15.4 Å². The molecule has 0 atom stereocenters. The van der Waals surface area contributed by atoms with Crippen molar-refractivity contribution in [2.45, 2.75) is 18.6 Å². The molecule has 0 spiro atoms. The molecule has 0 aliphatic carbocycles. The molecule has 7 nitrogen and oxygen atoms in total. The van der Waals surface area contributed by atoms with Crippen LogP contribution in [0.15, 0.2) is 30.3 Å². The summed E-state index contributed by atoms with van der Waals surface area (Å²) in [7, 11) is -3.36. The predicted molar refractivity (Wildman–Crippen MR) is 103 cm³/mol. The molecule has 1 aromatic heterocycles. The molecule has 0 bridgehead atoms. The number of ether oxygens (including phenoxy) is 1. The maximum Gasteiger partial charge on any atom is 0.161 e. The third-order valence-electron chi connectivity index (χ3n) is 4.76. The van der Waals surface area contributed by atoms with Crippen LogP contribution < -0.4 is 10.6 Å². The zero-order valence-electron chi connectivity index (χ0n) is 15.3. The van der Waals surface area contributed by atoms with Gasteiger partial charge in [0.05, 0.1) is 18.9 Å². The van der Waals surface area contributed by atoms with E-state index < -0.39 is 14.6 Å². The Bertz CT molecular complexity index is 889. The lowest BCUT2D eigenvalue weighted by Gasteiger charge is -2.30. The first-order valence-electron chi connectivity index (χ1n) is 8.46. The largest absolute Gasteiger partial charge is 0.399 e. The zero-order valence-corrected chi connectivity index (χ0v) is 16.1. The Hall–Kier alpha value is -2.19. The van der Waals surface area contributed by atoms with Crippen molar-refractivity contribution in [3.63, 3.8) is 0 Å². The number of rotatable bonds is 4. The van der Waals surface area contributed by atoms with Crippen LogP contribution in [-0.4, -0.2) is 50.9 Å². The van der Waals surface area contributed by atoms with E-state index in [0.717, 1.165) is 5.56 Å². The van der Waals surface area contributed by atoms with Crippen molar-refractivity contribution in [2.24, 2.45) is 0 Å². The summed E-state index contributed by atoms with van der Waals surface area (Å²) >= 11 is 0. The van der Waals surface area contributed by atoms with Crippen molar-refractivity contribution in [3.05, 3.63) is 36.0 Å². The summed E-state index contributed by atoms with van der Waals surface area (Å²) in [5, 5.41) is 0. The molecule has 0 amide bonds. The fourth-order valence-electron chi connectivity index (χ4n) is 2.65. The highest BCUT2D eigenvalue weighted by molar-refractivity contribution is 7.91. The summed E-state index contributed by atoms with van der Waals surface area (Å²) in [5.41, 5.74) is 7.68. The van der Waals surface area contributed by atoms with Crippen LogP contribution in [0.25, 0.3) is 11.4 Å². The van der Waals surface area contributed by atoms with Crippen molar-refractivity contribution < 1.29 is 13.2 Å². The number of nitrogen functional groups attached to an aromatic ring is 1. The average Bonchev–Trinajstić information content (AvgIpc) is 2.62. The normalized spacial score (nSPS) is 15.9. The van der Waals surface area contributed by atoms with Gasteiger partial charge in [0.25, 0.3) is 0 Å². The van der Waals surface area contributed by atoms with E-state index in [9.17, 15) is 8.42 Å². The van der Waals surface area contributed by atoms with Gasteiger partial charge in [-0.05, 0) is 38.1 Å². The van der Waals surface area contributed by atoms with Gasteiger partial charge in [-0.1, -0.05) is 0 Å². The molecule has 2 aromatic rings. The minimum absolute atomic E-state index is 0.475. The van der Waals surface area contributed by atoms with E-state index in [1.54, 1.807) is 32.0 Å². The second-order valence-corrected chi connectivity index (χ2v) is 9.50. The van der Waals surface area contributed by atoms with Crippen LogP contribution >= 0.6 is 0 Å². The molecule has 3 rings (SSSR count). The van der Waals surface area contributed by atoms with Crippen LogP contribution in [0.3, 0.4) is 0 Å². The SMILES string of the molecule is CC(C)(c1cc(N2CCOCC2)nc(-c2ccc(N)cc2)n1)S(C)(=O)=O. The van der Waals surface area contributed by atoms with Crippen molar-refractivity contribution in [1.29, 1.82) is 0 Å². The Kier molecular flexibility index (Phi) is 4.90. The van der Waals surface area contributed by atoms with Crippen molar-refractivity contribution in [3.8, 4) is 11.4 Å². The lowest BCUT2D eigenvalue weighted by Crippen LogP contribution is -2.37. The molecule has 140 valence electrons. The number of morpholine rings is 1. The van der Waals surface area contributed by atoms with Gasteiger partial charge >= 0.3 is 0 Å². The van der Waals surface area contributed by atoms with Gasteiger partial charge in [0.2, 0.25) is 0 Å². The Labute approximate surface area is 154 Å². The summed E-state index contributed by atoms with van der Waals surface area (Å²) in [5.74, 6) is 1.20. The van der Waals surface area contributed by atoms with E-state index in [1.807, 2.05) is 12.1 Å². The molecule has 26 heavy (non-hydrogen) atoms. The van der Waals surface area contributed by atoms with E-state index in [0.29, 0.717) is 49.3 Å². The molecule has 0 unspecified atom stereocenters. The summed E-state index contributed by atoms with van der Waals surface area (Å²) in [4.78, 5) is 11.3. The number of aromatic nitrogens is 2. The van der Waals surface area contributed by atoms with E-state index in [-0.39, 0.29) is 0 Å². The number of nitrogens with zero attached hydrogens (tertiary/aromatic N) is 3. The second kappa shape index (κ2) is 6.85. The molecular weight excluding hydrogens is 352 g/mol. The van der Waals surface area contributed by atoms with E-state index in [4.69, 9.17) is 10.5 Å². The number of sulfone groups is 1. The topological polar surface area (TPSA) is 98.4 Å². The van der Waals surface area contributed by atoms with Crippen LogP contribution in [0.4, 0.5) is 11.5 Å². The summed E-state index contributed by atoms with van der Waals surface area (Å²) in [6.45, 7) is 5.98. The average molecular weight is 376 g/mol. The molecule has 2 heterocycles. The molecule has 0 radical (unpaired) electrons. The highest BCUT2D eigenvalue weighted by atomic mass is 32.2. The number of anilines is 2. The van der Waals surface area contributed by atoms with Crippen LogP contribution in [0.1, 0.15) is 19.5 Å². The van der Waals surface area contributed by atoms with Gasteiger partial charge in [0.15, 0.2) is 15.7 Å². The van der Waals surface area contributed by atoms with Gasteiger partial charge in [0.1, 0.15) is 10.6 Å². The first-order valence-corrected chi connectivity index (χ1v) is 10.4. The first kappa shape index (κ1) is 18.6. The standard InChI is InChI=1S/C18H24N4O3S/c1-18(2,26(3,23)24)15-12-16(22-8-10-25-11-9-22)21-17(20-15)13-4-6-14(19)7-5-13/h4-7,12H,8-11,19H2,1-3H3. The molecule has 1 saturated heterocycles. The van der Waals surface area contributed by atoms with E-state index in [2.05, 4.69) is 14.9 Å². The van der Waals surface area contributed by atoms with Gasteiger partial charge in [0, 0.05) is 36.7 Å². The molecule has 2 N–H and O–H groups in total. The van der Waals surface area contributed by atoms with Crippen molar-refractivity contribution >= 4 is 21.3 Å². The maximum absolute atomic E-state index is 12.3. The van der Waals surface area contributed by atoms with E-state index >= 15 is 0 Å². The van der Waals surface area contributed by atoms with Gasteiger partial charge in [-0.25, -0.2) is 18.4 Å². The summed E-state index contributed by atoms with van der Waals surface area (Å²) < 4.78 is 28.9. The first-order chi connectivity index (χ1) is 12.2. The monoisotopic (exact) mass is 376 g/mol. The molecular formula is C18H24N4O3S. The molecule has 1 aliphatic heterocycles. The third kappa shape index (κ3) is 3.66. The number of hydrogen-bond acceptors (Lipinski definition) is 7. The smallest absolute Gasteiger partial charge is 0.161 e. The van der Waals surface area contributed by atoms with Gasteiger partial charge in [-0.2, -0.15) is 0 Å². The molecule has 1 fully saturated rings. The van der Waals surface area contributed by atoms with Gasteiger partial charge in [-0.15, -0.1) is 0 Å². The fraction of sp³-hybridized carbons (Fsp3) is 0.444. The summed E-state index contributed by atoms with van der Waals surface area (Å²) in [6.07, 6.45) is 1.23. The highest BCUT2D eigenvalue weighted by Gasteiger charge is 2.35. The van der Waals surface area contributed by atoms with Crippen LogP contribution in [0.5, 0.6) is 0 Å². The van der Waals surface area contributed by atoms with Crippen molar-refractivity contribution in [1.82, 2.24) is 9.97 Å². The van der Waals surface area contributed by atoms with Crippen LogP contribution in [-0.2, 0) is 19.3 Å². The quantitative estimate of drug-likeness (QED) is 0.813. The lowest BCUT2D eigenvalue weighted by atomic mass is 10.1. The predicted octanol–water partition coefficient (Wildman–Crippen LogP) is 1.84. The molecule has 1 aliphatic rings. The van der Waals surface area contributed by atoms with Crippen LogP contribution in [0, 0.1) is 0 Å². The Morgan fingerprint density at radius 1 is 1.12 bits per heavy atom. The molecule has 1 aromatic carbocycles. The van der Waals surface area contributed by atoms with Crippen LogP contribution in [0.2, 0.25) is 0 Å². The number of benzene rings is 1. The van der Waals surface area contributed by atoms with E-state index in [1.165, 1.54) is 6.26 Å². The zero-order chi connectivity index (χ0) is 18.9. The summed E-state index contributed by atoms with van der Waals surface area (Å²) in [6, 6.07) is 9.01. The van der Waals surface area contributed by atoms with Crippen molar-refractivity contribution in [2.75, 3.05) is 43.2 Å². The number of nitrogens with two attached hydrogens (primary N) is 1. The minimum Gasteiger partial charge on any atom is -0.399 e. The third-order valence-corrected chi connectivity index (χ3v) is 6.82. The lowest BCUT2D eigenvalue weighted by molar-refractivity contribution is 0.122. The molecule has 0 saturated carbocycles. The fourth-order valence-corrected chi connectivity index (χ4v) is 3.13. The Morgan fingerprint density at radius 2 is 1.73 bits per heavy atom. The minimum atomic E-state index is -3.36.